The molecule has 0 radical (unpaired) electrons. The third-order valence-corrected chi connectivity index (χ3v) is 13.5. The second kappa shape index (κ2) is 15.1. The maximum Gasteiger partial charge on any atom is 0.417 e. The zero-order valence-corrected chi connectivity index (χ0v) is 33.6. The second-order valence-electron chi connectivity index (χ2n) is 15.3. The molecule has 16 heteroatoms. The first-order valence-electron chi connectivity index (χ1n) is 19.0. The van der Waals surface area contributed by atoms with Crippen molar-refractivity contribution in [2.24, 2.45) is 23.7 Å². The van der Waals surface area contributed by atoms with Crippen LogP contribution in [0.4, 0.5) is 19.0 Å². The largest absolute Gasteiger partial charge is 0.508 e. The first-order chi connectivity index (χ1) is 28.8. The van der Waals surface area contributed by atoms with Gasteiger partial charge in [0.05, 0.1) is 40.3 Å². The number of hydrogen-bond donors (Lipinski definition) is 2. The summed E-state index contributed by atoms with van der Waals surface area (Å²) in [5, 5.41) is 14.4. The van der Waals surface area contributed by atoms with Crippen LogP contribution in [0.5, 0.6) is 11.5 Å². The van der Waals surface area contributed by atoms with E-state index in [2.05, 4.69) is 10.4 Å². The molecule has 4 amide bonds. The molecule has 2 aliphatic heterocycles. The Labute approximate surface area is 355 Å². The van der Waals surface area contributed by atoms with E-state index in [1.54, 1.807) is 36.4 Å². The number of aromatic hydroxyl groups is 1. The van der Waals surface area contributed by atoms with Crippen molar-refractivity contribution in [1.82, 2.24) is 14.9 Å². The zero-order valence-electron chi connectivity index (χ0n) is 31.2. The Kier molecular flexibility index (Phi) is 9.99. The molecular weight excluding hydrogens is 840 g/mol. The lowest BCUT2D eigenvalue weighted by atomic mass is 9.49. The van der Waals surface area contributed by atoms with Gasteiger partial charge in [-0.1, -0.05) is 89.4 Å². The van der Waals surface area contributed by atoms with Crippen LogP contribution in [-0.4, -0.2) is 43.6 Å². The molecule has 2 N–H and O–H groups in total. The molecule has 0 bridgehead atoms. The summed E-state index contributed by atoms with van der Waals surface area (Å²) in [7, 11) is 0. The number of phenolic OH excluding ortho intramolecular Hbond substituents is 1. The molecule has 0 spiro atoms. The maximum absolute atomic E-state index is 15.5. The third-order valence-electron chi connectivity index (χ3n) is 12.1. The van der Waals surface area contributed by atoms with Crippen molar-refractivity contribution in [2.45, 2.75) is 43.5 Å². The Morgan fingerprint density at radius 3 is 2.37 bits per heavy atom. The number of halogens is 5. The van der Waals surface area contributed by atoms with Gasteiger partial charge in [-0.3, -0.25) is 29.5 Å². The van der Waals surface area contributed by atoms with Crippen LogP contribution in [0.1, 0.15) is 45.9 Å². The van der Waals surface area contributed by atoms with Gasteiger partial charge in [0.15, 0.2) is 5.82 Å². The van der Waals surface area contributed by atoms with Crippen LogP contribution in [-0.2, 0) is 43.9 Å². The summed E-state index contributed by atoms with van der Waals surface area (Å²) in [5.41, 5.74) is 1.74. The first kappa shape index (κ1) is 39.7. The molecule has 5 aromatic rings. The van der Waals surface area contributed by atoms with E-state index >= 15 is 4.79 Å². The number of carbonyl (C=O) groups is 4. The van der Waals surface area contributed by atoms with Crippen molar-refractivity contribution in [2.75, 3.05) is 5.43 Å². The number of carbonyl (C=O) groups excluding carboxylic acids is 4. The number of thiophene rings is 1. The number of imide groups is 2. The monoisotopic (exact) mass is 872 g/mol. The summed E-state index contributed by atoms with van der Waals surface area (Å²) in [6.07, 6.45) is -2.28. The molecule has 6 unspecified atom stereocenters. The van der Waals surface area contributed by atoms with Crippen molar-refractivity contribution < 1.29 is 42.2 Å². The Balaban J connectivity index is 1.19. The lowest BCUT2D eigenvalue weighted by Crippen LogP contribution is -2.53. The van der Waals surface area contributed by atoms with E-state index in [1.807, 2.05) is 53.9 Å². The quantitative estimate of drug-likeness (QED) is 0.111. The van der Waals surface area contributed by atoms with Gasteiger partial charge in [0.2, 0.25) is 11.8 Å². The number of fused-ring (bicyclic) bond motifs is 4. The van der Waals surface area contributed by atoms with Gasteiger partial charge in [-0.25, -0.2) is 4.98 Å². The molecule has 6 atom stereocenters. The predicted molar refractivity (Wildman–Crippen MR) is 216 cm³/mol. The van der Waals surface area contributed by atoms with Gasteiger partial charge in [0.1, 0.15) is 18.1 Å². The molecule has 9 rings (SSSR count). The van der Waals surface area contributed by atoms with Gasteiger partial charge in [-0.05, 0) is 65.6 Å². The normalized spacial score (nSPS) is 24.9. The molecule has 2 aliphatic carbocycles. The molecule has 4 heterocycles. The SMILES string of the molecule is O=C1C2CC=C3C(CC4C(=O)N(Nc5ncc(C(F)(F)F)cc5Cl)C(=O)C4(c4ccc(Cl)cc4)C3c3ccc(OCc4ccccc4)cc3O)C2C(=O)N1Cc1cccs1. The van der Waals surface area contributed by atoms with Crippen molar-refractivity contribution >= 4 is 64.0 Å². The second-order valence-corrected chi connectivity index (χ2v) is 17.1. The molecule has 10 nitrogen and oxygen atoms in total. The third kappa shape index (κ3) is 6.52. The van der Waals surface area contributed by atoms with E-state index in [9.17, 15) is 32.7 Å². The lowest BCUT2D eigenvalue weighted by Gasteiger charge is -2.50. The summed E-state index contributed by atoms with van der Waals surface area (Å²) in [6.45, 7) is 0.287. The zero-order chi connectivity index (χ0) is 42.1. The van der Waals surface area contributed by atoms with Gasteiger partial charge >= 0.3 is 6.18 Å². The first-order valence-corrected chi connectivity index (χ1v) is 20.6. The predicted octanol–water partition coefficient (Wildman–Crippen LogP) is 8.94. The Morgan fingerprint density at radius 1 is 0.917 bits per heavy atom. The average Bonchev–Trinajstić information content (AvgIpc) is 3.89. The van der Waals surface area contributed by atoms with Crippen LogP contribution in [0.25, 0.3) is 0 Å². The minimum atomic E-state index is -4.76. The van der Waals surface area contributed by atoms with Gasteiger partial charge in [-0.15, -0.1) is 11.3 Å². The van der Waals surface area contributed by atoms with Crippen LogP contribution in [0.3, 0.4) is 0 Å². The number of pyridine rings is 1. The minimum absolute atomic E-state index is 0.0616. The fourth-order valence-corrected chi connectivity index (χ4v) is 10.5. The molecule has 60 heavy (non-hydrogen) atoms. The molecule has 3 aromatic carbocycles. The highest BCUT2D eigenvalue weighted by molar-refractivity contribution is 7.09. The number of hydrogen-bond acceptors (Lipinski definition) is 9. The smallest absolute Gasteiger partial charge is 0.417 e. The maximum atomic E-state index is 15.5. The molecule has 4 aliphatic rings. The minimum Gasteiger partial charge on any atom is -0.508 e. The fourth-order valence-electron chi connectivity index (χ4n) is 9.50. The number of likely N-dealkylation sites (tertiary alicyclic amines) is 1. The van der Waals surface area contributed by atoms with Crippen LogP contribution < -0.4 is 10.2 Å². The van der Waals surface area contributed by atoms with Crippen molar-refractivity contribution in [1.29, 1.82) is 0 Å². The summed E-state index contributed by atoms with van der Waals surface area (Å²) in [4.78, 5) is 64.8. The number of allylic oxidation sites excluding steroid dienone is 2. The Hall–Kier alpha value is -5.70. The van der Waals surface area contributed by atoms with Crippen molar-refractivity contribution in [3.05, 3.63) is 151 Å². The molecule has 2 saturated heterocycles. The summed E-state index contributed by atoms with van der Waals surface area (Å²) < 4.78 is 46.7. The number of rotatable bonds is 9. The lowest BCUT2D eigenvalue weighted by molar-refractivity contribution is -0.142. The van der Waals surface area contributed by atoms with E-state index in [1.165, 1.54) is 22.3 Å². The number of hydrazine groups is 1. The number of amides is 4. The van der Waals surface area contributed by atoms with Gasteiger partial charge < -0.3 is 9.84 Å². The number of ether oxygens (including phenoxy) is 1. The molecular formula is C44H33Cl2F3N4O6S. The number of benzene rings is 3. The molecule has 1 saturated carbocycles. The van der Waals surface area contributed by atoms with E-state index in [4.69, 9.17) is 27.9 Å². The van der Waals surface area contributed by atoms with Crippen LogP contribution in [0.2, 0.25) is 10.0 Å². The van der Waals surface area contributed by atoms with E-state index < -0.39 is 69.5 Å². The summed E-state index contributed by atoms with van der Waals surface area (Å²) in [5.74, 6) is -7.30. The standard InChI is InChI=1S/C44H33Cl2F3N4O6S/c45-26-10-8-24(9-11-26)43-33(40(56)53(42(43)58)51-38-34(46)17-25(20-50-38)44(47,48)49)19-32-29(14-15-31-36(32)41(57)52(39(31)55)21-28-7-4-16-60-28)37(43)30-13-12-27(18-35(30)54)59-22-23-5-2-1-3-6-23/h1-14,16-18,20,31-33,36-37,54H,15,19,21-22H2,(H,50,51). The summed E-state index contributed by atoms with van der Waals surface area (Å²) in [6, 6.07) is 24.8. The highest BCUT2D eigenvalue weighted by Crippen LogP contribution is 2.65. The molecule has 306 valence electrons. The number of alkyl halides is 3. The van der Waals surface area contributed by atoms with E-state index in [0.29, 0.717) is 39.2 Å². The number of nitrogens with one attached hydrogen (secondary N) is 1. The fraction of sp³-hybridized carbons (Fsp3) is 0.250. The Bertz CT molecular complexity index is 2570. The van der Waals surface area contributed by atoms with Gasteiger partial charge in [-0.2, -0.15) is 18.2 Å². The van der Waals surface area contributed by atoms with E-state index in [0.717, 1.165) is 10.4 Å². The number of phenols is 1. The number of anilines is 1. The average molecular weight is 874 g/mol. The highest BCUT2D eigenvalue weighted by Gasteiger charge is 2.70. The molecule has 3 fully saturated rings. The van der Waals surface area contributed by atoms with Crippen molar-refractivity contribution in [3.63, 3.8) is 0 Å². The van der Waals surface area contributed by atoms with Crippen molar-refractivity contribution in [3.8, 4) is 11.5 Å². The Morgan fingerprint density at radius 2 is 1.68 bits per heavy atom. The van der Waals surface area contributed by atoms with Gasteiger partial charge in [0.25, 0.3) is 11.8 Å². The highest BCUT2D eigenvalue weighted by atomic mass is 35.5. The number of nitrogens with zero attached hydrogens (tertiary/aromatic N) is 3. The van der Waals surface area contributed by atoms with Crippen LogP contribution >= 0.6 is 34.5 Å². The summed E-state index contributed by atoms with van der Waals surface area (Å²) >= 11 is 14.1. The topological polar surface area (TPSA) is 129 Å². The van der Waals surface area contributed by atoms with E-state index in [-0.39, 0.29) is 49.0 Å². The number of aromatic nitrogens is 1. The van der Waals surface area contributed by atoms with Crippen LogP contribution in [0.15, 0.2) is 114 Å². The van der Waals surface area contributed by atoms with Gasteiger partial charge in [0, 0.05) is 33.6 Å². The molecule has 2 aromatic heterocycles. The van der Waals surface area contributed by atoms with Crippen LogP contribution in [0, 0.1) is 23.7 Å².